The molecule has 3 N–H and O–H groups in total. The Morgan fingerprint density at radius 1 is 1.41 bits per heavy atom. The van der Waals surface area contributed by atoms with Crippen molar-refractivity contribution < 1.29 is 19.4 Å². The van der Waals surface area contributed by atoms with Crippen LogP contribution in [0.2, 0.25) is 5.15 Å². The first-order chi connectivity index (χ1) is 13.8. The van der Waals surface area contributed by atoms with E-state index in [0.29, 0.717) is 48.4 Å². The Hall–Kier alpha value is -2.72. The molecule has 1 amide bonds. The van der Waals surface area contributed by atoms with Gasteiger partial charge in [0.1, 0.15) is 0 Å². The van der Waals surface area contributed by atoms with Gasteiger partial charge in [-0.3, -0.25) is 4.79 Å². The topological polar surface area (TPSA) is 133 Å². The van der Waals surface area contributed by atoms with Crippen LogP contribution < -0.4 is 10.2 Å². The van der Waals surface area contributed by atoms with Gasteiger partial charge in [0.25, 0.3) is 5.91 Å². The standard InChI is InChI=1S/C18H23ClN6O4/c1-4-10-14(19)24-15(21-10)16(26)22-11-5-6-25(8-13(11)29-3)18-20-9(2)7-12(23-18)17(27)28/h7,11,13H,4-6,8H2,1-3H3,(H,21,24)(H,22,26)(H,27,28)/t11?,13-/m0/s1. The maximum atomic E-state index is 12.5. The second kappa shape index (κ2) is 8.75. The number of amides is 1. The quantitative estimate of drug-likeness (QED) is 0.636. The van der Waals surface area contributed by atoms with Crippen LogP contribution in [-0.4, -0.2) is 69.3 Å². The third-order valence-corrected chi connectivity index (χ3v) is 5.13. The molecule has 1 fully saturated rings. The summed E-state index contributed by atoms with van der Waals surface area (Å²) in [7, 11) is 1.56. The van der Waals surface area contributed by atoms with Crippen molar-refractivity contribution >= 4 is 29.4 Å². The molecule has 29 heavy (non-hydrogen) atoms. The third kappa shape index (κ3) is 4.65. The van der Waals surface area contributed by atoms with Gasteiger partial charge in [0.05, 0.1) is 17.8 Å². The summed E-state index contributed by atoms with van der Waals surface area (Å²) in [5.41, 5.74) is 1.22. The molecule has 0 saturated carbocycles. The van der Waals surface area contributed by atoms with Gasteiger partial charge in [0, 0.05) is 25.9 Å². The summed E-state index contributed by atoms with van der Waals surface area (Å²) in [4.78, 5) is 41.1. The van der Waals surface area contributed by atoms with Gasteiger partial charge in [-0.05, 0) is 25.8 Å². The number of carbonyl (C=O) groups is 2. The maximum absolute atomic E-state index is 12.5. The number of halogens is 1. The zero-order chi connectivity index (χ0) is 21.1. The van der Waals surface area contributed by atoms with Crippen molar-refractivity contribution in [2.24, 2.45) is 0 Å². The zero-order valence-electron chi connectivity index (χ0n) is 16.4. The van der Waals surface area contributed by atoms with Crippen LogP contribution in [0.4, 0.5) is 5.95 Å². The molecule has 3 rings (SSSR count). The van der Waals surface area contributed by atoms with E-state index in [1.165, 1.54) is 6.07 Å². The fourth-order valence-corrected chi connectivity index (χ4v) is 3.54. The summed E-state index contributed by atoms with van der Waals surface area (Å²) in [5.74, 6) is -0.963. The number of carboxylic acid groups (broad SMARTS) is 1. The van der Waals surface area contributed by atoms with E-state index in [0.717, 1.165) is 0 Å². The number of imidazole rings is 1. The minimum absolute atomic E-state index is 0.0571. The number of methoxy groups -OCH3 is 1. The number of aromatic amines is 1. The van der Waals surface area contributed by atoms with Gasteiger partial charge >= 0.3 is 5.97 Å². The second-order valence-corrected chi connectivity index (χ2v) is 7.15. The monoisotopic (exact) mass is 422 g/mol. The lowest BCUT2D eigenvalue weighted by atomic mass is 10.0. The Labute approximate surface area is 172 Å². The number of piperidine rings is 1. The molecule has 0 bridgehead atoms. The van der Waals surface area contributed by atoms with E-state index in [2.05, 4.69) is 25.3 Å². The predicted octanol–water partition coefficient (Wildman–Crippen LogP) is 1.45. The van der Waals surface area contributed by atoms with E-state index in [-0.39, 0.29) is 29.6 Å². The molecule has 0 aromatic carbocycles. The summed E-state index contributed by atoms with van der Waals surface area (Å²) >= 11 is 6.01. The molecule has 10 nitrogen and oxygen atoms in total. The fourth-order valence-electron chi connectivity index (χ4n) is 3.27. The number of aryl methyl sites for hydroxylation is 2. The van der Waals surface area contributed by atoms with E-state index < -0.39 is 5.97 Å². The molecule has 2 aromatic rings. The van der Waals surface area contributed by atoms with Crippen LogP contribution in [0.15, 0.2) is 6.07 Å². The largest absolute Gasteiger partial charge is 0.477 e. The van der Waals surface area contributed by atoms with E-state index in [1.54, 1.807) is 14.0 Å². The number of H-pyrrole nitrogens is 1. The van der Waals surface area contributed by atoms with Crippen LogP contribution >= 0.6 is 11.6 Å². The molecule has 1 saturated heterocycles. The number of hydrogen-bond acceptors (Lipinski definition) is 7. The highest BCUT2D eigenvalue weighted by Crippen LogP contribution is 2.20. The van der Waals surface area contributed by atoms with E-state index >= 15 is 0 Å². The Balaban J connectivity index is 1.71. The predicted molar refractivity (Wildman–Crippen MR) is 106 cm³/mol. The van der Waals surface area contributed by atoms with Gasteiger partial charge in [-0.25, -0.2) is 19.7 Å². The van der Waals surface area contributed by atoms with Gasteiger partial charge in [0.15, 0.2) is 16.7 Å². The minimum Gasteiger partial charge on any atom is -0.477 e. The minimum atomic E-state index is -1.11. The Morgan fingerprint density at radius 3 is 2.79 bits per heavy atom. The number of aromatic carboxylic acids is 1. The number of nitrogens with zero attached hydrogens (tertiary/aromatic N) is 4. The SMILES string of the molecule is CCc1[nH]c(C(=O)NC2CCN(c3nc(C)cc(C(=O)O)n3)C[C@@H]2OC)nc1Cl. The van der Waals surface area contributed by atoms with Gasteiger partial charge in [-0.2, -0.15) is 0 Å². The van der Waals surface area contributed by atoms with Crippen LogP contribution in [-0.2, 0) is 11.2 Å². The van der Waals surface area contributed by atoms with Crippen LogP contribution in [0.3, 0.4) is 0 Å². The van der Waals surface area contributed by atoms with Gasteiger partial charge in [-0.15, -0.1) is 0 Å². The normalized spacial score (nSPS) is 19.2. The van der Waals surface area contributed by atoms with Crippen molar-refractivity contribution in [2.45, 2.75) is 38.8 Å². The smallest absolute Gasteiger partial charge is 0.354 e. The first-order valence-electron chi connectivity index (χ1n) is 9.24. The lowest BCUT2D eigenvalue weighted by Crippen LogP contribution is -2.55. The van der Waals surface area contributed by atoms with Gasteiger partial charge in [0.2, 0.25) is 5.95 Å². The molecule has 156 valence electrons. The lowest BCUT2D eigenvalue weighted by Gasteiger charge is -2.38. The molecule has 1 aliphatic rings. The number of hydrogen-bond donors (Lipinski definition) is 3. The molecule has 2 aromatic heterocycles. The molecule has 1 unspecified atom stereocenters. The Morgan fingerprint density at radius 2 is 2.17 bits per heavy atom. The number of anilines is 1. The highest BCUT2D eigenvalue weighted by molar-refractivity contribution is 6.30. The lowest BCUT2D eigenvalue weighted by molar-refractivity contribution is 0.0534. The number of carbonyl (C=O) groups excluding carboxylic acids is 1. The van der Waals surface area contributed by atoms with E-state index in [9.17, 15) is 14.7 Å². The fraction of sp³-hybridized carbons (Fsp3) is 0.500. The van der Waals surface area contributed by atoms with Crippen molar-refractivity contribution in [3.8, 4) is 0 Å². The van der Waals surface area contributed by atoms with Crippen LogP contribution in [0.1, 0.15) is 45.8 Å². The molecule has 1 aliphatic heterocycles. The number of carboxylic acids is 1. The van der Waals surface area contributed by atoms with Crippen molar-refractivity contribution in [1.82, 2.24) is 25.3 Å². The number of ether oxygens (including phenoxy) is 1. The average molecular weight is 423 g/mol. The Bertz CT molecular complexity index is 918. The molecule has 0 aliphatic carbocycles. The highest BCUT2D eigenvalue weighted by Gasteiger charge is 2.32. The van der Waals surface area contributed by atoms with E-state index in [1.807, 2.05) is 11.8 Å². The van der Waals surface area contributed by atoms with Gasteiger partial charge in [-0.1, -0.05) is 18.5 Å². The number of aromatic nitrogens is 4. The first kappa shape index (κ1) is 21.0. The molecular weight excluding hydrogens is 400 g/mol. The van der Waals surface area contributed by atoms with Crippen molar-refractivity contribution in [3.63, 3.8) is 0 Å². The average Bonchev–Trinajstić information content (AvgIpc) is 3.08. The van der Waals surface area contributed by atoms with Crippen molar-refractivity contribution in [3.05, 3.63) is 34.1 Å². The number of rotatable bonds is 6. The number of nitrogens with one attached hydrogen (secondary N) is 2. The summed E-state index contributed by atoms with van der Waals surface area (Å²) in [6, 6.07) is 1.17. The molecule has 11 heteroatoms. The summed E-state index contributed by atoms with van der Waals surface area (Å²) in [6.45, 7) is 4.58. The van der Waals surface area contributed by atoms with Gasteiger partial charge < -0.3 is 25.0 Å². The zero-order valence-corrected chi connectivity index (χ0v) is 17.2. The summed E-state index contributed by atoms with van der Waals surface area (Å²) in [5, 5.41) is 12.4. The van der Waals surface area contributed by atoms with Crippen molar-refractivity contribution in [2.75, 3.05) is 25.1 Å². The summed E-state index contributed by atoms with van der Waals surface area (Å²) < 4.78 is 5.57. The molecular formula is C18H23ClN6O4. The maximum Gasteiger partial charge on any atom is 0.354 e. The van der Waals surface area contributed by atoms with Crippen LogP contribution in [0, 0.1) is 6.92 Å². The van der Waals surface area contributed by atoms with Crippen LogP contribution in [0.25, 0.3) is 0 Å². The molecule has 0 radical (unpaired) electrons. The molecule has 3 heterocycles. The van der Waals surface area contributed by atoms with E-state index in [4.69, 9.17) is 16.3 Å². The molecule has 0 spiro atoms. The second-order valence-electron chi connectivity index (χ2n) is 6.80. The third-order valence-electron chi connectivity index (χ3n) is 4.82. The van der Waals surface area contributed by atoms with Crippen LogP contribution in [0.5, 0.6) is 0 Å². The molecule has 2 atom stereocenters. The summed E-state index contributed by atoms with van der Waals surface area (Å²) in [6.07, 6.45) is 0.882. The van der Waals surface area contributed by atoms with Crippen molar-refractivity contribution in [1.29, 1.82) is 0 Å². The highest BCUT2D eigenvalue weighted by atomic mass is 35.5. The first-order valence-corrected chi connectivity index (χ1v) is 9.62. The Kier molecular flexibility index (Phi) is 6.33.